The highest BCUT2D eigenvalue weighted by atomic mass is 35.5. The minimum Gasteiger partial charge on any atom is -0.342 e. The average molecular weight is 576 g/mol. The minimum absolute atomic E-state index is 0.0103. The lowest BCUT2D eigenvalue weighted by molar-refractivity contribution is -0.113. The second kappa shape index (κ2) is 12.1. The zero-order chi connectivity index (χ0) is 26.5. The van der Waals surface area contributed by atoms with Crippen molar-refractivity contribution in [3.63, 3.8) is 0 Å². The highest BCUT2D eigenvalue weighted by Crippen LogP contribution is 2.30. The van der Waals surface area contributed by atoms with E-state index in [9.17, 15) is 9.59 Å². The molecule has 2 aromatic carbocycles. The van der Waals surface area contributed by atoms with Gasteiger partial charge in [-0.15, -0.1) is 16.4 Å². The summed E-state index contributed by atoms with van der Waals surface area (Å²) >= 11 is 14.7. The van der Waals surface area contributed by atoms with E-state index in [2.05, 4.69) is 30.8 Å². The number of amides is 2. The topological polar surface area (TPSA) is 113 Å². The van der Waals surface area contributed by atoms with Gasteiger partial charge in [-0.1, -0.05) is 79.1 Å². The van der Waals surface area contributed by atoms with Crippen molar-refractivity contribution < 1.29 is 9.59 Å². The first-order chi connectivity index (χ1) is 17.7. The molecule has 0 saturated carbocycles. The maximum Gasteiger partial charge on any atom is 0.253 e. The second-order valence-electron chi connectivity index (χ2n) is 8.45. The number of benzene rings is 2. The number of H-pyrrole nitrogens is 1. The van der Waals surface area contributed by atoms with Gasteiger partial charge < -0.3 is 10.6 Å². The van der Waals surface area contributed by atoms with Crippen LogP contribution in [0.2, 0.25) is 10.0 Å². The maximum atomic E-state index is 12.8. The smallest absolute Gasteiger partial charge is 0.253 e. The maximum absolute atomic E-state index is 12.8. The summed E-state index contributed by atoms with van der Waals surface area (Å²) in [6, 6.07) is 14.1. The molecule has 2 heterocycles. The number of hydrogen-bond donors (Lipinski definition) is 3. The SMILES string of the molecule is Cc1sc(NC(=O)CSc2n[nH]c([C@@H](NC(=O)c3ccc(Cl)cc3Cl)C(C)C)n2)nc1-c1ccccc1. The first kappa shape index (κ1) is 27.1. The van der Waals surface area contributed by atoms with E-state index < -0.39 is 6.04 Å². The summed E-state index contributed by atoms with van der Waals surface area (Å²) in [5, 5.41) is 14.5. The van der Waals surface area contributed by atoms with E-state index in [-0.39, 0.29) is 28.5 Å². The molecule has 2 amide bonds. The number of nitrogens with zero attached hydrogens (tertiary/aromatic N) is 3. The quantitative estimate of drug-likeness (QED) is 0.199. The number of halogens is 2. The third-order valence-corrected chi connectivity index (χ3v) is 7.61. The van der Waals surface area contributed by atoms with Crippen LogP contribution in [0.3, 0.4) is 0 Å². The number of carbonyl (C=O) groups excluding carboxylic acids is 2. The molecule has 0 aliphatic rings. The molecule has 8 nitrogen and oxygen atoms in total. The molecule has 12 heteroatoms. The minimum atomic E-state index is -0.440. The number of rotatable bonds is 9. The van der Waals surface area contributed by atoms with E-state index in [0.29, 0.717) is 26.7 Å². The molecule has 0 aliphatic carbocycles. The zero-order valence-electron chi connectivity index (χ0n) is 20.2. The van der Waals surface area contributed by atoms with Gasteiger partial charge in [0.05, 0.1) is 28.1 Å². The van der Waals surface area contributed by atoms with Gasteiger partial charge in [0.15, 0.2) is 5.13 Å². The molecule has 0 saturated heterocycles. The molecule has 4 aromatic rings. The Kier molecular flexibility index (Phi) is 8.86. The molecule has 4 rings (SSSR count). The number of aromatic nitrogens is 4. The molecule has 1 atom stereocenters. The van der Waals surface area contributed by atoms with Gasteiger partial charge in [-0.2, -0.15) is 0 Å². The van der Waals surface area contributed by atoms with Crippen LogP contribution in [0.4, 0.5) is 5.13 Å². The summed E-state index contributed by atoms with van der Waals surface area (Å²) in [6.07, 6.45) is 0. The number of aryl methyl sites for hydroxylation is 1. The predicted molar refractivity (Wildman–Crippen MR) is 150 cm³/mol. The monoisotopic (exact) mass is 574 g/mol. The Morgan fingerprint density at radius 2 is 1.86 bits per heavy atom. The molecule has 3 N–H and O–H groups in total. The van der Waals surface area contributed by atoms with Crippen molar-refractivity contribution in [2.24, 2.45) is 5.92 Å². The fourth-order valence-corrected chi connectivity index (χ4v) is 5.46. The van der Waals surface area contributed by atoms with Crippen molar-refractivity contribution in [2.75, 3.05) is 11.1 Å². The summed E-state index contributed by atoms with van der Waals surface area (Å²) in [7, 11) is 0. The van der Waals surface area contributed by atoms with Crippen LogP contribution >= 0.6 is 46.3 Å². The third kappa shape index (κ3) is 6.89. The Bertz CT molecular complexity index is 1410. The predicted octanol–water partition coefficient (Wildman–Crippen LogP) is 6.40. The number of carbonyl (C=O) groups is 2. The molecular formula is C25H24Cl2N6O2S2. The van der Waals surface area contributed by atoms with Gasteiger partial charge >= 0.3 is 0 Å². The van der Waals surface area contributed by atoms with Crippen LogP contribution < -0.4 is 10.6 Å². The van der Waals surface area contributed by atoms with Crippen LogP contribution in [0, 0.1) is 12.8 Å². The van der Waals surface area contributed by atoms with Crippen LogP contribution in [0.1, 0.15) is 40.9 Å². The molecule has 192 valence electrons. The first-order valence-electron chi connectivity index (χ1n) is 11.3. The Balaban J connectivity index is 1.36. The Labute approximate surface area is 232 Å². The first-order valence-corrected chi connectivity index (χ1v) is 13.9. The van der Waals surface area contributed by atoms with E-state index in [1.807, 2.05) is 51.1 Å². The fourth-order valence-electron chi connectivity index (χ4n) is 3.50. The number of thiazole rings is 1. The van der Waals surface area contributed by atoms with Crippen molar-refractivity contribution in [1.82, 2.24) is 25.5 Å². The lowest BCUT2D eigenvalue weighted by atomic mass is 10.0. The van der Waals surface area contributed by atoms with Crippen molar-refractivity contribution in [3.05, 3.63) is 74.8 Å². The van der Waals surface area contributed by atoms with Crippen molar-refractivity contribution >= 4 is 63.2 Å². The fraction of sp³-hybridized carbons (Fsp3) is 0.240. The standard InChI is InChI=1S/C25H24Cl2N6O2S2/c1-13(2)20(29-23(35)17-10-9-16(26)11-18(17)27)22-31-25(33-32-22)36-12-19(34)28-24-30-21(14(3)37-24)15-7-5-4-6-8-15/h4-11,13,20H,12H2,1-3H3,(H,29,35)(H,28,30,34)(H,31,32,33)/t20-/m0/s1. The normalized spacial score (nSPS) is 11.9. The van der Waals surface area contributed by atoms with Crippen molar-refractivity contribution in [2.45, 2.75) is 32.0 Å². The Morgan fingerprint density at radius 3 is 2.57 bits per heavy atom. The zero-order valence-corrected chi connectivity index (χ0v) is 23.4. The molecule has 0 aliphatic heterocycles. The van der Waals surface area contributed by atoms with Gasteiger partial charge in [-0.3, -0.25) is 14.7 Å². The number of anilines is 1. The van der Waals surface area contributed by atoms with E-state index >= 15 is 0 Å². The summed E-state index contributed by atoms with van der Waals surface area (Å²) < 4.78 is 0. The summed E-state index contributed by atoms with van der Waals surface area (Å²) in [5.74, 6) is 0.0422. The second-order valence-corrected chi connectivity index (χ2v) is 11.4. The molecule has 0 radical (unpaired) electrons. The largest absolute Gasteiger partial charge is 0.342 e. The summed E-state index contributed by atoms with van der Waals surface area (Å²) in [4.78, 5) is 35.4. The van der Waals surface area contributed by atoms with Crippen LogP contribution in [0.5, 0.6) is 0 Å². The summed E-state index contributed by atoms with van der Waals surface area (Å²) in [6.45, 7) is 5.89. The van der Waals surface area contributed by atoms with Gasteiger partial charge in [0.1, 0.15) is 5.82 Å². The molecule has 37 heavy (non-hydrogen) atoms. The molecular weight excluding hydrogens is 551 g/mol. The van der Waals surface area contributed by atoms with E-state index in [1.165, 1.54) is 29.2 Å². The van der Waals surface area contributed by atoms with Gasteiger partial charge in [0.2, 0.25) is 11.1 Å². The van der Waals surface area contributed by atoms with Crippen molar-refractivity contribution in [1.29, 1.82) is 0 Å². The molecule has 0 fully saturated rings. The van der Waals surface area contributed by atoms with Crippen LogP contribution in [0.15, 0.2) is 53.7 Å². The summed E-state index contributed by atoms with van der Waals surface area (Å²) in [5.41, 5.74) is 2.17. The van der Waals surface area contributed by atoms with Gasteiger partial charge in [0, 0.05) is 15.5 Å². The Morgan fingerprint density at radius 1 is 1.11 bits per heavy atom. The molecule has 0 spiro atoms. The lowest BCUT2D eigenvalue weighted by Gasteiger charge is -2.20. The number of nitrogens with one attached hydrogen (secondary N) is 3. The third-order valence-electron chi connectivity index (χ3n) is 5.33. The molecule has 0 unspecified atom stereocenters. The van der Waals surface area contributed by atoms with Crippen molar-refractivity contribution in [3.8, 4) is 11.3 Å². The van der Waals surface area contributed by atoms with Gasteiger partial charge in [-0.05, 0) is 31.0 Å². The number of aromatic amines is 1. The van der Waals surface area contributed by atoms with Gasteiger partial charge in [0.25, 0.3) is 5.91 Å². The highest BCUT2D eigenvalue weighted by molar-refractivity contribution is 7.99. The lowest BCUT2D eigenvalue weighted by Crippen LogP contribution is -2.32. The Hall–Kier alpha value is -2.92. The van der Waals surface area contributed by atoms with E-state index in [0.717, 1.165) is 16.1 Å². The average Bonchev–Trinajstić information content (AvgIpc) is 3.47. The number of hydrogen-bond acceptors (Lipinski definition) is 7. The molecule has 0 bridgehead atoms. The van der Waals surface area contributed by atoms with Crippen LogP contribution in [-0.2, 0) is 4.79 Å². The van der Waals surface area contributed by atoms with E-state index in [4.69, 9.17) is 23.2 Å². The van der Waals surface area contributed by atoms with Gasteiger partial charge in [-0.25, -0.2) is 9.97 Å². The highest BCUT2D eigenvalue weighted by Gasteiger charge is 2.24. The van der Waals surface area contributed by atoms with E-state index in [1.54, 1.807) is 12.1 Å². The van der Waals surface area contributed by atoms with Crippen LogP contribution in [-0.4, -0.2) is 37.7 Å². The van der Waals surface area contributed by atoms with Crippen LogP contribution in [0.25, 0.3) is 11.3 Å². The number of thioether (sulfide) groups is 1. The molecule has 2 aromatic heterocycles.